The second-order valence-electron chi connectivity index (χ2n) is 16.3. The van der Waals surface area contributed by atoms with Gasteiger partial charge in [-0.15, -0.1) is 0 Å². The van der Waals surface area contributed by atoms with E-state index in [0.29, 0.717) is 57.6 Å². The highest BCUT2D eigenvalue weighted by Gasteiger charge is 2.47. The van der Waals surface area contributed by atoms with Gasteiger partial charge in [0.05, 0.1) is 12.1 Å². The molecule has 0 aliphatic carbocycles. The minimum atomic E-state index is -2.30. The van der Waals surface area contributed by atoms with Gasteiger partial charge in [-0.2, -0.15) is 0 Å². The maximum absolute atomic E-state index is 17.3. The van der Waals surface area contributed by atoms with E-state index in [1.807, 2.05) is 57.7 Å². The molecule has 2 atom stereocenters. The van der Waals surface area contributed by atoms with Crippen LogP contribution in [0.3, 0.4) is 0 Å². The van der Waals surface area contributed by atoms with Crippen molar-refractivity contribution in [3.63, 3.8) is 0 Å². The number of nitrogens with zero attached hydrogens (tertiary/aromatic N) is 4. The summed E-state index contributed by atoms with van der Waals surface area (Å²) in [5, 5.41) is 3.08. The van der Waals surface area contributed by atoms with Crippen molar-refractivity contribution in [2.45, 2.75) is 123 Å². The molecule has 50 heavy (non-hydrogen) atoms. The fraction of sp³-hybridized carbons (Fsp3) is 0.525. The van der Waals surface area contributed by atoms with Crippen LogP contribution in [0.15, 0.2) is 41.0 Å². The molecule has 2 bridgehead atoms. The zero-order valence-corrected chi connectivity index (χ0v) is 34.0. The standard InChI is InChI=1S/C40H52BrFN4O3Si/c1-22(2)50(23(3)4,24(5)6)49-30-17-27-13-12-14-33(41)35(27)31(18-30)37-36(42)34-25(7)26(8)44-38(32(34)19-43-37)45-20-28-15-16-29(21-45)46(28)39(47)48-40(9,10)11/h12-14,17-19,22-24,28-29H,15-16,20-21H2,1-11H3. The summed E-state index contributed by atoms with van der Waals surface area (Å²) in [6, 6.07) is 10.2. The van der Waals surface area contributed by atoms with E-state index in [9.17, 15) is 4.79 Å². The van der Waals surface area contributed by atoms with Crippen molar-refractivity contribution in [1.29, 1.82) is 0 Å². The van der Waals surface area contributed by atoms with E-state index in [1.165, 1.54) is 0 Å². The number of ether oxygens (including phenoxy) is 1. The number of fused-ring (bicyclic) bond motifs is 4. The summed E-state index contributed by atoms with van der Waals surface area (Å²) in [4.78, 5) is 27.2. The third-order valence-corrected chi connectivity index (χ3v) is 17.7. The highest BCUT2D eigenvalue weighted by atomic mass is 79.9. The van der Waals surface area contributed by atoms with Crippen molar-refractivity contribution in [1.82, 2.24) is 14.9 Å². The average molecular weight is 764 g/mol. The number of carbonyl (C=O) groups excluding carboxylic acids is 1. The third kappa shape index (κ3) is 6.29. The molecule has 6 rings (SSSR count). The zero-order chi connectivity index (χ0) is 36.4. The van der Waals surface area contributed by atoms with Crippen molar-refractivity contribution in [2.75, 3.05) is 18.0 Å². The van der Waals surface area contributed by atoms with Gasteiger partial charge in [-0.1, -0.05) is 69.6 Å². The van der Waals surface area contributed by atoms with Gasteiger partial charge in [-0.05, 0) is 93.2 Å². The number of halogens is 2. The molecule has 2 aliphatic rings. The lowest BCUT2D eigenvalue weighted by Gasteiger charge is -2.42. The van der Waals surface area contributed by atoms with Gasteiger partial charge < -0.3 is 14.1 Å². The number of hydrogen-bond donors (Lipinski definition) is 0. The highest BCUT2D eigenvalue weighted by Crippen LogP contribution is 2.46. The Morgan fingerprint density at radius 1 is 0.980 bits per heavy atom. The van der Waals surface area contributed by atoms with Crippen LogP contribution in [0.25, 0.3) is 32.8 Å². The van der Waals surface area contributed by atoms with Gasteiger partial charge in [-0.3, -0.25) is 9.88 Å². The van der Waals surface area contributed by atoms with E-state index < -0.39 is 13.9 Å². The number of pyridine rings is 2. The van der Waals surface area contributed by atoms with Crippen LogP contribution in [0.1, 0.15) is 86.4 Å². The monoisotopic (exact) mass is 762 g/mol. The van der Waals surface area contributed by atoms with E-state index >= 15 is 4.39 Å². The second-order valence-corrected chi connectivity index (χ2v) is 22.5. The Kier molecular flexibility index (Phi) is 9.78. The molecule has 4 aromatic rings. The molecule has 0 spiro atoms. The lowest BCUT2D eigenvalue weighted by atomic mass is 9.97. The molecule has 268 valence electrons. The van der Waals surface area contributed by atoms with Crippen molar-refractivity contribution >= 4 is 57.7 Å². The largest absolute Gasteiger partial charge is 0.543 e. The number of piperazine rings is 1. The van der Waals surface area contributed by atoms with Crippen molar-refractivity contribution < 1.29 is 18.3 Å². The fourth-order valence-electron chi connectivity index (χ4n) is 8.78. The number of benzene rings is 2. The molecule has 0 N–H and O–H groups in total. The van der Waals surface area contributed by atoms with Gasteiger partial charge in [0.2, 0.25) is 0 Å². The van der Waals surface area contributed by atoms with Crippen LogP contribution < -0.4 is 9.33 Å². The number of aryl methyl sites for hydroxylation is 2. The number of hydrogen-bond acceptors (Lipinski definition) is 6. The molecule has 2 unspecified atom stereocenters. The first-order valence-electron chi connectivity index (χ1n) is 18.1. The molecule has 2 aliphatic heterocycles. The maximum Gasteiger partial charge on any atom is 0.410 e. The third-order valence-electron chi connectivity index (χ3n) is 11.0. The van der Waals surface area contributed by atoms with Crippen LogP contribution in [0.5, 0.6) is 5.75 Å². The van der Waals surface area contributed by atoms with Crippen LogP contribution in [-0.4, -0.2) is 60.1 Å². The van der Waals surface area contributed by atoms with Gasteiger partial charge in [0.1, 0.15) is 22.9 Å². The molecule has 7 nitrogen and oxygen atoms in total. The average Bonchev–Trinajstić information content (AvgIpc) is 3.29. The molecule has 0 radical (unpaired) electrons. The first-order valence-corrected chi connectivity index (χ1v) is 21.0. The number of rotatable bonds is 7. The quantitative estimate of drug-likeness (QED) is 0.175. The summed E-state index contributed by atoms with van der Waals surface area (Å²) in [6.07, 6.45) is 3.32. The normalized spacial score (nSPS) is 18.3. The highest BCUT2D eigenvalue weighted by molar-refractivity contribution is 9.10. The van der Waals surface area contributed by atoms with Gasteiger partial charge in [0.15, 0.2) is 5.82 Å². The Morgan fingerprint density at radius 3 is 2.18 bits per heavy atom. The van der Waals surface area contributed by atoms with E-state index in [1.54, 1.807) is 6.20 Å². The Hall–Kier alpha value is -3.24. The van der Waals surface area contributed by atoms with Crippen LogP contribution in [0, 0.1) is 19.7 Å². The summed E-state index contributed by atoms with van der Waals surface area (Å²) >= 11 is 3.78. The lowest BCUT2D eigenvalue weighted by Crippen LogP contribution is -2.57. The van der Waals surface area contributed by atoms with Gasteiger partial charge >= 0.3 is 6.09 Å². The minimum Gasteiger partial charge on any atom is -0.543 e. The van der Waals surface area contributed by atoms with Crippen molar-refractivity contribution in [3.05, 3.63) is 58.1 Å². The molecule has 4 heterocycles. The summed E-state index contributed by atoms with van der Waals surface area (Å²) < 4.78 is 31.1. The van der Waals surface area contributed by atoms with Crippen LogP contribution >= 0.6 is 15.9 Å². The van der Waals surface area contributed by atoms with Crippen LogP contribution in [0.4, 0.5) is 15.0 Å². The van der Waals surface area contributed by atoms with E-state index in [-0.39, 0.29) is 24.0 Å². The summed E-state index contributed by atoms with van der Waals surface area (Å²) in [7, 11) is -2.30. The van der Waals surface area contributed by atoms with Gasteiger partial charge in [-0.25, -0.2) is 14.2 Å². The van der Waals surface area contributed by atoms with Gasteiger partial charge in [0, 0.05) is 51.2 Å². The zero-order valence-electron chi connectivity index (χ0n) is 31.4. The Labute approximate surface area is 306 Å². The molecular weight excluding hydrogens is 711 g/mol. The van der Waals surface area contributed by atoms with Crippen molar-refractivity contribution in [2.24, 2.45) is 0 Å². The van der Waals surface area contributed by atoms with E-state index in [2.05, 4.69) is 74.5 Å². The first-order chi connectivity index (χ1) is 23.4. The number of amides is 1. The SMILES string of the molecule is Cc1nc(N2CC3CCC(C2)N3C(=O)OC(C)(C)C)c2cnc(-c3cc(O[Si](C(C)C)(C(C)C)C(C)C)cc4cccc(Br)c34)c(F)c2c1C. The summed E-state index contributed by atoms with van der Waals surface area (Å²) in [6.45, 7) is 24.4. The number of aromatic nitrogens is 2. The predicted molar refractivity (Wildman–Crippen MR) is 208 cm³/mol. The van der Waals surface area contributed by atoms with E-state index in [4.69, 9.17) is 19.1 Å². The molecule has 2 aromatic heterocycles. The number of carbonyl (C=O) groups is 1. The first kappa shape index (κ1) is 36.5. The molecule has 2 saturated heterocycles. The Morgan fingerprint density at radius 2 is 1.60 bits per heavy atom. The molecule has 0 saturated carbocycles. The van der Waals surface area contributed by atoms with Crippen LogP contribution in [0.2, 0.25) is 16.6 Å². The molecule has 1 amide bonds. The maximum atomic E-state index is 17.3. The van der Waals surface area contributed by atoms with Crippen molar-refractivity contribution in [3.8, 4) is 17.0 Å². The molecule has 2 aromatic carbocycles. The molecular formula is C40H52BrFN4O3Si. The fourth-order valence-corrected chi connectivity index (χ4v) is 14.6. The smallest absolute Gasteiger partial charge is 0.410 e. The topological polar surface area (TPSA) is 67.8 Å². The predicted octanol–water partition coefficient (Wildman–Crippen LogP) is 11.1. The minimum absolute atomic E-state index is 0.00350. The van der Waals surface area contributed by atoms with Gasteiger partial charge in [0.25, 0.3) is 8.32 Å². The molecule has 10 heteroatoms. The lowest BCUT2D eigenvalue weighted by molar-refractivity contribution is 0.0123. The Bertz CT molecular complexity index is 1920. The summed E-state index contributed by atoms with van der Waals surface area (Å²) in [5.41, 5.74) is 3.16. The second kappa shape index (κ2) is 13.4. The van der Waals surface area contributed by atoms with E-state index in [0.717, 1.165) is 45.1 Å². The Balaban J connectivity index is 1.47. The summed E-state index contributed by atoms with van der Waals surface area (Å²) in [5.74, 6) is 1.11. The molecule has 2 fully saturated rings. The number of anilines is 1. The van der Waals surface area contributed by atoms with Crippen LogP contribution in [-0.2, 0) is 4.74 Å².